The van der Waals surface area contributed by atoms with Crippen molar-refractivity contribution in [2.75, 3.05) is 11.1 Å². The van der Waals surface area contributed by atoms with Gasteiger partial charge in [0.15, 0.2) is 0 Å². The molecule has 4 heteroatoms. The molecule has 1 heterocycles. The third kappa shape index (κ3) is 1.68. The fourth-order valence-corrected chi connectivity index (χ4v) is 5.74. The maximum absolute atomic E-state index is 6.11. The highest BCUT2D eigenvalue weighted by Crippen LogP contribution is 2.66. The van der Waals surface area contributed by atoms with Gasteiger partial charge >= 0.3 is 0 Å². The fraction of sp³-hybridized carbons (Fsp3) is 0.471. The van der Waals surface area contributed by atoms with Gasteiger partial charge in [0.1, 0.15) is 10.8 Å². The highest BCUT2D eigenvalue weighted by molar-refractivity contribution is 7.11. The van der Waals surface area contributed by atoms with E-state index in [1.165, 1.54) is 36.4 Å². The summed E-state index contributed by atoms with van der Waals surface area (Å²) in [6.07, 6.45) is 4.41. The number of nitrogens with zero attached hydrogens (tertiary/aromatic N) is 1. The van der Waals surface area contributed by atoms with E-state index < -0.39 is 0 Å². The molecule has 4 unspecified atom stereocenters. The molecule has 108 valence electrons. The molecule has 1 aromatic carbocycles. The first-order chi connectivity index (χ1) is 10.3. The number of nitrogens with one attached hydrogen (secondary N) is 1. The van der Waals surface area contributed by atoms with Crippen molar-refractivity contribution < 1.29 is 0 Å². The summed E-state index contributed by atoms with van der Waals surface area (Å²) < 4.78 is 4.38. The lowest BCUT2D eigenvalue weighted by atomic mass is 10.0. The molecule has 2 aromatic rings. The number of rotatable bonds is 3. The zero-order chi connectivity index (χ0) is 14.0. The topological polar surface area (TPSA) is 50.9 Å². The van der Waals surface area contributed by atoms with Crippen molar-refractivity contribution in [3.63, 3.8) is 0 Å². The molecule has 0 amide bonds. The Morgan fingerprint density at radius 2 is 1.81 bits per heavy atom. The van der Waals surface area contributed by atoms with Crippen LogP contribution in [-0.2, 0) is 0 Å². The van der Waals surface area contributed by atoms with Crippen LogP contribution in [0.25, 0.3) is 11.1 Å². The Labute approximate surface area is 128 Å². The third-order valence-corrected chi connectivity index (χ3v) is 6.61. The summed E-state index contributed by atoms with van der Waals surface area (Å²) >= 11 is 1.51. The molecule has 0 saturated heterocycles. The molecule has 3 N–H and O–H groups in total. The first-order valence-corrected chi connectivity index (χ1v) is 8.67. The van der Waals surface area contributed by atoms with Crippen LogP contribution >= 0.6 is 11.5 Å². The van der Waals surface area contributed by atoms with Crippen molar-refractivity contribution in [3.05, 3.63) is 30.3 Å². The molecule has 2 bridgehead atoms. The van der Waals surface area contributed by atoms with Gasteiger partial charge in [-0.15, -0.1) is 0 Å². The Balaban J connectivity index is 1.44. The molecule has 3 saturated carbocycles. The molecular weight excluding hydrogens is 278 g/mol. The summed E-state index contributed by atoms with van der Waals surface area (Å²) in [4.78, 5) is 0. The molecule has 21 heavy (non-hydrogen) atoms. The zero-order valence-corrected chi connectivity index (χ0v) is 12.6. The van der Waals surface area contributed by atoms with Crippen LogP contribution < -0.4 is 11.1 Å². The van der Waals surface area contributed by atoms with Gasteiger partial charge in [0.2, 0.25) is 0 Å². The van der Waals surface area contributed by atoms with Crippen molar-refractivity contribution in [3.8, 4) is 11.1 Å². The maximum Gasteiger partial charge on any atom is 0.147 e. The van der Waals surface area contributed by atoms with Gasteiger partial charge in [0.25, 0.3) is 0 Å². The summed E-state index contributed by atoms with van der Waals surface area (Å²) in [5.74, 6) is 4.49. The van der Waals surface area contributed by atoms with Gasteiger partial charge < -0.3 is 11.1 Å². The summed E-state index contributed by atoms with van der Waals surface area (Å²) in [7, 11) is 0. The summed E-state index contributed by atoms with van der Waals surface area (Å²) in [6.45, 7) is 0. The third-order valence-electron chi connectivity index (χ3n) is 5.81. The fourth-order valence-electron chi connectivity index (χ4n) is 4.95. The van der Waals surface area contributed by atoms with E-state index in [9.17, 15) is 0 Å². The van der Waals surface area contributed by atoms with Gasteiger partial charge in [-0.25, -0.2) is 0 Å². The van der Waals surface area contributed by atoms with E-state index in [2.05, 4.69) is 34.0 Å². The second-order valence-electron chi connectivity index (χ2n) is 6.80. The smallest absolute Gasteiger partial charge is 0.147 e. The van der Waals surface area contributed by atoms with E-state index >= 15 is 0 Å². The number of hydrogen-bond donors (Lipinski definition) is 2. The lowest BCUT2D eigenvalue weighted by Crippen LogP contribution is -2.12. The minimum Gasteiger partial charge on any atom is -0.382 e. The van der Waals surface area contributed by atoms with E-state index in [0.717, 1.165) is 34.2 Å². The quantitative estimate of drug-likeness (QED) is 0.904. The zero-order valence-electron chi connectivity index (χ0n) is 11.8. The van der Waals surface area contributed by atoms with Gasteiger partial charge in [-0.05, 0) is 60.0 Å². The van der Waals surface area contributed by atoms with Crippen molar-refractivity contribution in [1.82, 2.24) is 4.37 Å². The average molecular weight is 297 g/mol. The van der Waals surface area contributed by atoms with Crippen LogP contribution in [0.1, 0.15) is 19.3 Å². The monoisotopic (exact) mass is 297 g/mol. The SMILES string of the molecule is Nc1nsc(NC2C3C4CCC(C4)C23)c1-c1ccccc1. The minimum atomic E-state index is 0.655. The summed E-state index contributed by atoms with van der Waals surface area (Å²) in [6, 6.07) is 11.1. The maximum atomic E-state index is 6.11. The number of fused-ring (bicyclic) bond motifs is 5. The second kappa shape index (κ2) is 4.23. The van der Waals surface area contributed by atoms with E-state index in [4.69, 9.17) is 5.73 Å². The number of nitrogens with two attached hydrogens (primary N) is 1. The van der Waals surface area contributed by atoms with Crippen molar-refractivity contribution in [2.24, 2.45) is 23.7 Å². The molecule has 1 aromatic heterocycles. The van der Waals surface area contributed by atoms with Crippen LogP contribution in [0, 0.1) is 23.7 Å². The van der Waals surface area contributed by atoms with Crippen molar-refractivity contribution >= 4 is 22.4 Å². The van der Waals surface area contributed by atoms with Gasteiger partial charge in [-0.3, -0.25) is 0 Å². The van der Waals surface area contributed by atoms with E-state index in [1.807, 2.05) is 6.07 Å². The molecule has 3 fully saturated rings. The standard InChI is InChI=1S/C17H19N3S/c18-16-14(9-4-2-1-3-5-9)17(21-20-16)19-15-12-10-6-7-11(8-10)13(12)15/h1-5,10-13,15,19H,6-8H2,(H2,18,20). The van der Waals surface area contributed by atoms with Gasteiger partial charge in [0.05, 0.1) is 5.56 Å². The number of aromatic nitrogens is 1. The van der Waals surface area contributed by atoms with Crippen LogP contribution in [0.5, 0.6) is 0 Å². The Bertz CT molecular complexity index is 665. The van der Waals surface area contributed by atoms with Crippen molar-refractivity contribution in [1.29, 1.82) is 0 Å². The molecule has 0 aliphatic heterocycles. The van der Waals surface area contributed by atoms with E-state index in [1.54, 1.807) is 0 Å². The lowest BCUT2D eigenvalue weighted by molar-refractivity contribution is 0.456. The molecule has 5 rings (SSSR count). The lowest BCUT2D eigenvalue weighted by Gasteiger charge is -2.12. The van der Waals surface area contributed by atoms with Crippen molar-refractivity contribution in [2.45, 2.75) is 25.3 Å². The first kappa shape index (κ1) is 12.0. The van der Waals surface area contributed by atoms with E-state index in [-0.39, 0.29) is 0 Å². The minimum absolute atomic E-state index is 0.655. The average Bonchev–Trinajstić information content (AvgIpc) is 2.84. The Hall–Kier alpha value is -1.55. The Kier molecular flexibility index (Phi) is 2.42. The molecular formula is C17H19N3S. The first-order valence-electron chi connectivity index (χ1n) is 7.90. The molecule has 3 aliphatic carbocycles. The van der Waals surface area contributed by atoms with Crippen LogP contribution in [0.2, 0.25) is 0 Å². The summed E-state index contributed by atoms with van der Waals surface area (Å²) in [5, 5.41) is 4.95. The van der Waals surface area contributed by atoms with Crippen LogP contribution in [0.15, 0.2) is 30.3 Å². The van der Waals surface area contributed by atoms with E-state index in [0.29, 0.717) is 11.9 Å². The number of hydrogen-bond acceptors (Lipinski definition) is 4. The van der Waals surface area contributed by atoms with Gasteiger partial charge in [0, 0.05) is 6.04 Å². The van der Waals surface area contributed by atoms with Gasteiger partial charge in [-0.2, -0.15) is 4.37 Å². The molecule has 0 radical (unpaired) electrons. The van der Waals surface area contributed by atoms with Crippen LogP contribution in [-0.4, -0.2) is 10.4 Å². The molecule has 3 nitrogen and oxygen atoms in total. The summed E-state index contributed by atoms with van der Waals surface area (Å²) in [5.41, 5.74) is 8.37. The Morgan fingerprint density at radius 1 is 1.10 bits per heavy atom. The molecule has 4 atom stereocenters. The van der Waals surface area contributed by atoms with Gasteiger partial charge in [-0.1, -0.05) is 30.3 Å². The normalized spacial score (nSPS) is 35.7. The number of benzene rings is 1. The molecule has 0 spiro atoms. The van der Waals surface area contributed by atoms with Crippen LogP contribution in [0.4, 0.5) is 10.8 Å². The highest BCUT2D eigenvalue weighted by atomic mass is 32.1. The number of nitrogen functional groups attached to an aromatic ring is 1. The highest BCUT2D eigenvalue weighted by Gasteiger charge is 2.65. The predicted molar refractivity (Wildman–Crippen MR) is 87.2 cm³/mol. The number of anilines is 2. The molecule has 3 aliphatic rings. The van der Waals surface area contributed by atoms with Crippen LogP contribution in [0.3, 0.4) is 0 Å². The predicted octanol–water partition coefficient (Wildman–Crippen LogP) is 3.85. The second-order valence-corrected chi connectivity index (χ2v) is 7.57. The largest absolute Gasteiger partial charge is 0.382 e. The Morgan fingerprint density at radius 3 is 2.52 bits per heavy atom.